The number of alkyl halides is 1. The zero-order chi connectivity index (χ0) is 12.3. The molecule has 0 amide bonds. The highest BCUT2D eigenvalue weighted by molar-refractivity contribution is 9.09. The first-order valence-electron chi connectivity index (χ1n) is 5.94. The van der Waals surface area contributed by atoms with E-state index in [9.17, 15) is 0 Å². The third-order valence-corrected chi connectivity index (χ3v) is 3.71. The van der Waals surface area contributed by atoms with Crippen molar-refractivity contribution in [2.45, 2.75) is 25.8 Å². The molecule has 1 saturated heterocycles. The van der Waals surface area contributed by atoms with E-state index in [1.54, 1.807) is 6.33 Å². The van der Waals surface area contributed by atoms with Crippen molar-refractivity contribution in [3.63, 3.8) is 0 Å². The highest BCUT2D eigenvalue weighted by Crippen LogP contribution is 2.21. The van der Waals surface area contributed by atoms with Gasteiger partial charge in [0.15, 0.2) is 0 Å². The quantitative estimate of drug-likeness (QED) is 0.802. The first-order chi connectivity index (χ1) is 8.22. The molecule has 0 radical (unpaired) electrons. The molecule has 0 aromatic carbocycles. The first-order valence-corrected chi connectivity index (χ1v) is 7.06. The summed E-state index contributed by atoms with van der Waals surface area (Å²) in [6.45, 7) is 6.71. The summed E-state index contributed by atoms with van der Waals surface area (Å²) in [5, 5.41) is 0.897. The summed E-state index contributed by atoms with van der Waals surface area (Å²) in [6, 6.07) is 2.45. The monoisotopic (exact) mass is 299 g/mol. The van der Waals surface area contributed by atoms with Crippen molar-refractivity contribution in [1.82, 2.24) is 9.97 Å². The Labute approximate surface area is 111 Å². The van der Waals surface area contributed by atoms with Crippen LogP contribution >= 0.6 is 15.9 Å². The van der Waals surface area contributed by atoms with Crippen LogP contribution < -0.4 is 4.90 Å². The number of ether oxygens (including phenoxy) is 1. The second-order valence-corrected chi connectivity index (χ2v) is 5.18. The maximum Gasteiger partial charge on any atom is 0.132 e. The van der Waals surface area contributed by atoms with Gasteiger partial charge in [0.1, 0.15) is 12.1 Å². The minimum absolute atomic E-state index is 0.360. The second kappa shape index (κ2) is 5.78. The molecule has 17 heavy (non-hydrogen) atoms. The Morgan fingerprint density at radius 2 is 2.35 bits per heavy atom. The molecule has 4 nitrogen and oxygen atoms in total. The molecule has 94 valence electrons. The average molecular weight is 300 g/mol. The average Bonchev–Trinajstić information content (AvgIpc) is 2.39. The normalized spacial score (nSPS) is 20.9. The van der Waals surface area contributed by atoms with Gasteiger partial charge in [-0.2, -0.15) is 0 Å². The lowest BCUT2D eigenvalue weighted by Gasteiger charge is -2.35. The number of nitrogens with zero attached hydrogens (tertiary/aromatic N) is 3. The molecule has 0 spiro atoms. The van der Waals surface area contributed by atoms with Crippen molar-refractivity contribution in [2.75, 3.05) is 30.0 Å². The molecule has 1 aromatic rings. The van der Waals surface area contributed by atoms with E-state index in [4.69, 9.17) is 4.74 Å². The Morgan fingerprint density at radius 3 is 3.06 bits per heavy atom. The van der Waals surface area contributed by atoms with E-state index in [0.29, 0.717) is 12.0 Å². The molecule has 0 bridgehead atoms. The van der Waals surface area contributed by atoms with Gasteiger partial charge in [-0.3, -0.25) is 0 Å². The van der Waals surface area contributed by atoms with Crippen LogP contribution in [0.25, 0.3) is 0 Å². The van der Waals surface area contributed by atoms with Crippen LogP contribution in [0.3, 0.4) is 0 Å². The van der Waals surface area contributed by atoms with Crippen molar-refractivity contribution < 1.29 is 4.74 Å². The summed E-state index contributed by atoms with van der Waals surface area (Å²) in [5.74, 6) is 1.44. The molecule has 2 rings (SSSR count). The molecule has 0 N–H and O–H groups in total. The topological polar surface area (TPSA) is 38.2 Å². The summed E-state index contributed by atoms with van der Waals surface area (Å²) in [6.07, 6.45) is 1.66. The fourth-order valence-corrected chi connectivity index (χ4v) is 2.46. The third kappa shape index (κ3) is 2.96. The lowest BCUT2D eigenvalue weighted by Crippen LogP contribution is -2.47. The third-order valence-electron chi connectivity index (χ3n) is 2.97. The van der Waals surface area contributed by atoms with Crippen molar-refractivity contribution in [3.05, 3.63) is 18.1 Å². The predicted octanol–water partition coefficient (Wildman–Crippen LogP) is 2.20. The minimum Gasteiger partial charge on any atom is -0.377 e. The van der Waals surface area contributed by atoms with Gasteiger partial charge in [-0.15, -0.1) is 0 Å². The highest BCUT2D eigenvalue weighted by atomic mass is 79.9. The molecular weight excluding hydrogens is 282 g/mol. The number of anilines is 1. The molecule has 0 saturated carbocycles. The Bertz CT molecular complexity index is 373. The van der Waals surface area contributed by atoms with Crippen LogP contribution in [-0.4, -0.2) is 41.1 Å². The minimum atomic E-state index is 0.360. The predicted molar refractivity (Wildman–Crippen MR) is 71.9 cm³/mol. The highest BCUT2D eigenvalue weighted by Gasteiger charge is 2.23. The Balaban J connectivity index is 2.22. The zero-order valence-electron chi connectivity index (χ0n) is 10.3. The van der Waals surface area contributed by atoms with Crippen LogP contribution in [0.1, 0.15) is 25.5 Å². The molecule has 1 aliphatic heterocycles. The van der Waals surface area contributed by atoms with Gasteiger partial charge in [-0.25, -0.2) is 9.97 Å². The van der Waals surface area contributed by atoms with Gasteiger partial charge in [0, 0.05) is 23.6 Å². The molecule has 1 aliphatic rings. The standard InChI is InChI=1S/C12H18BrN3O/c1-9(2)11-5-12(15-8-14-11)16-3-4-17-7-10(16)6-13/h5,8-10H,3-4,6-7H2,1-2H3. The number of halogens is 1. The van der Waals surface area contributed by atoms with E-state index in [1.165, 1.54) is 0 Å². The summed E-state index contributed by atoms with van der Waals surface area (Å²) in [4.78, 5) is 11.0. The van der Waals surface area contributed by atoms with Crippen molar-refractivity contribution in [1.29, 1.82) is 0 Å². The van der Waals surface area contributed by atoms with Crippen LogP contribution in [-0.2, 0) is 4.74 Å². The Morgan fingerprint density at radius 1 is 1.53 bits per heavy atom. The van der Waals surface area contributed by atoms with Crippen LogP contribution in [0.4, 0.5) is 5.82 Å². The van der Waals surface area contributed by atoms with E-state index in [2.05, 4.69) is 50.7 Å². The van der Waals surface area contributed by atoms with Gasteiger partial charge < -0.3 is 9.64 Å². The molecular formula is C12H18BrN3O. The van der Waals surface area contributed by atoms with E-state index in [1.807, 2.05) is 0 Å². The van der Waals surface area contributed by atoms with Gasteiger partial charge in [-0.05, 0) is 5.92 Å². The maximum atomic E-state index is 5.49. The lowest BCUT2D eigenvalue weighted by molar-refractivity contribution is 0.1000. The SMILES string of the molecule is CC(C)c1cc(N2CCOCC2CBr)ncn1. The number of hydrogen-bond acceptors (Lipinski definition) is 4. The summed E-state index contributed by atoms with van der Waals surface area (Å²) in [5.41, 5.74) is 1.09. The fraction of sp³-hybridized carbons (Fsp3) is 0.667. The molecule has 5 heteroatoms. The van der Waals surface area contributed by atoms with E-state index in [0.717, 1.165) is 36.6 Å². The summed E-state index contributed by atoms with van der Waals surface area (Å²) >= 11 is 3.53. The van der Waals surface area contributed by atoms with Crippen LogP contribution in [0, 0.1) is 0 Å². The van der Waals surface area contributed by atoms with E-state index >= 15 is 0 Å². The second-order valence-electron chi connectivity index (χ2n) is 4.53. The van der Waals surface area contributed by atoms with Crippen molar-refractivity contribution in [3.8, 4) is 0 Å². The number of hydrogen-bond donors (Lipinski definition) is 0. The van der Waals surface area contributed by atoms with Gasteiger partial charge in [0.25, 0.3) is 0 Å². The van der Waals surface area contributed by atoms with Crippen molar-refractivity contribution in [2.24, 2.45) is 0 Å². The van der Waals surface area contributed by atoms with E-state index < -0.39 is 0 Å². The fourth-order valence-electron chi connectivity index (χ4n) is 1.92. The summed E-state index contributed by atoms with van der Waals surface area (Å²) < 4.78 is 5.49. The molecule has 1 aromatic heterocycles. The molecule has 1 unspecified atom stereocenters. The Hall–Kier alpha value is -0.680. The molecule has 1 atom stereocenters. The maximum absolute atomic E-state index is 5.49. The van der Waals surface area contributed by atoms with Crippen LogP contribution in [0.2, 0.25) is 0 Å². The summed E-state index contributed by atoms with van der Waals surface area (Å²) in [7, 11) is 0. The van der Waals surface area contributed by atoms with Crippen molar-refractivity contribution >= 4 is 21.7 Å². The van der Waals surface area contributed by atoms with Crippen LogP contribution in [0.15, 0.2) is 12.4 Å². The molecule has 2 heterocycles. The van der Waals surface area contributed by atoms with Gasteiger partial charge in [0.05, 0.1) is 19.3 Å². The molecule has 0 aliphatic carbocycles. The van der Waals surface area contributed by atoms with E-state index in [-0.39, 0.29) is 0 Å². The molecule has 1 fully saturated rings. The zero-order valence-corrected chi connectivity index (χ0v) is 11.9. The smallest absolute Gasteiger partial charge is 0.132 e. The van der Waals surface area contributed by atoms with Gasteiger partial charge in [-0.1, -0.05) is 29.8 Å². The largest absolute Gasteiger partial charge is 0.377 e. The van der Waals surface area contributed by atoms with Gasteiger partial charge in [0.2, 0.25) is 0 Å². The number of morpholine rings is 1. The first kappa shape index (κ1) is 12.8. The lowest BCUT2D eigenvalue weighted by atomic mass is 10.1. The van der Waals surface area contributed by atoms with Crippen LogP contribution in [0.5, 0.6) is 0 Å². The van der Waals surface area contributed by atoms with Gasteiger partial charge >= 0.3 is 0 Å². The number of aromatic nitrogens is 2. The Kier molecular flexibility index (Phi) is 4.34. The number of rotatable bonds is 3.